The molecule has 1 saturated heterocycles. The fraction of sp³-hybridized carbons (Fsp3) is 0.667. The molecule has 2 rings (SSSR count). The van der Waals surface area contributed by atoms with E-state index in [1.54, 1.807) is 0 Å². The van der Waals surface area contributed by atoms with E-state index in [0.717, 1.165) is 19.5 Å². The summed E-state index contributed by atoms with van der Waals surface area (Å²) in [4.78, 5) is 6.72. The highest BCUT2D eigenvalue weighted by Crippen LogP contribution is 2.09. The zero-order chi connectivity index (χ0) is 12.6. The lowest BCUT2D eigenvalue weighted by Crippen LogP contribution is -2.44. The van der Waals surface area contributed by atoms with E-state index in [4.69, 9.17) is 0 Å². The van der Waals surface area contributed by atoms with Crippen LogP contribution in [0, 0.1) is 0 Å². The molecule has 100 valence electrons. The van der Waals surface area contributed by atoms with Gasteiger partial charge in [-0.25, -0.2) is 0 Å². The van der Waals surface area contributed by atoms with Crippen molar-refractivity contribution in [2.45, 2.75) is 38.6 Å². The molecule has 2 heterocycles. The van der Waals surface area contributed by atoms with Crippen LogP contribution in [0.1, 0.15) is 31.7 Å². The summed E-state index contributed by atoms with van der Waals surface area (Å²) in [5, 5.41) is 3.63. The number of piperidine rings is 1. The average molecular weight is 247 g/mol. The predicted molar refractivity (Wildman–Crippen MR) is 75.7 cm³/mol. The van der Waals surface area contributed by atoms with E-state index in [9.17, 15) is 0 Å². The van der Waals surface area contributed by atoms with Gasteiger partial charge in [0.2, 0.25) is 0 Å². The molecule has 1 aliphatic rings. The Hall–Kier alpha value is -0.930. The monoisotopic (exact) mass is 247 g/mol. The molecule has 0 bridgehead atoms. The molecule has 18 heavy (non-hydrogen) atoms. The normalized spacial score (nSPS) is 20.2. The van der Waals surface area contributed by atoms with Gasteiger partial charge in [0.05, 0.1) is 0 Å². The molecule has 1 aliphatic heterocycles. The van der Waals surface area contributed by atoms with Crippen LogP contribution < -0.4 is 5.32 Å². The van der Waals surface area contributed by atoms with Crippen molar-refractivity contribution in [1.29, 1.82) is 0 Å². The maximum absolute atomic E-state index is 4.17. The molecule has 1 aromatic rings. The Morgan fingerprint density at radius 1 is 1.44 bits per heavy atom. The second-order valence-electron chi connectivity index (χ2n) is 5.15. The molecule has 1 N–H and O–H groups in total. The molecule has 0 saturated carbocycles. The Kier molecular flexibility index (Phi) is 5.62. The summed E-state index contributed by atoms with van der Waals surface area (Å²) in [6.45, 7) is 6.92. The van der Waals surface area contributed by atoms with Crippen molar-refractivity contribution < 1.29 is 0 Å². The molecular weight excluding hydrogens is 222 g/mol. The smallest absolute Gasteiger partial charge is 0.0300 e. The summed E-state index contributed by atoms with van der Waals surface area (Å²) in [7, 11) is 0. The number of hydrogen-bond donors (Lipinski definition) is 1. The number of nitrogens with one attached hydrogen (secondary N) is 1. The van der Waals surface area contributed by atoms with Gasteiger partial charge in [-0.2, -0.15) is 0 Å². The summed E-state index contributed by atoms with van der Waals surface area (Å²) < 4.78 is 0. The molecule has 1 atom stereocenters. The Balaban J connectivity index is 1.74. The number of aromatic nitrogens is 1. The Morgan fingerprint density at radius 2 is 2.39 bits per heavy atom. The first-order valence-electron chi connectivity index (χ1n) is 7.23. The minimum atomic E-state index is 0.701. The van der Waals surface area contributed by atoms with Crippen LogP contribution in [0.3, 0.4) is 0 Å². The predicted octanol–water partition coefficient (Wildman–Crippen LogP) is 2.09. The zero-order valence-electron chi connectivity index (χ0n) is 11.4. The van der Waals surface area contributed by atoms with E-state index >= 15 is 0 Å². The first-order valence-corrected chi connectivity index (χ1v) is 7.23. The van der Waals surface area contributed by atoms with Crippen molar-refractivity contribution in [2.24, 2.45) is 0 Å². The van der Waals surface area contributed by atoms with E-state index in [0.29, 0.717) is 6.04 Å². The summed E-state index contributed by atoms with van der Waals surface area (Å²) in [5.41, 5.74) is 1.34. The lowest BCUT2D eigenvalue weighted by atomic mass is 10.0. The highest BCUT2D eigenvalue weighted by Gasteiger charge is 2.15. The van der Waals surface area contributed by atoms with Crippen molar-refractivity contribution in [2.75, 3.05) is 26.2 Å². The second kappa shape index (κ2) is 7.49. The van der Waals surface area contributed by atoms with Gasteiger partial charge in [-0.3, -0.25) is 4.98 Å². The summed E-state index contributed by atoms with van der Waals surface area (Å²) in [5.74, 6) is 0. The lowest BCUT2D eigenvalue weighted by Gasteiger charge is -2.29. The SMILES string of the molecule is CCN(CCc1cccnc1)CC1CCCCN1. The van der Waals surface area contributed by atoms with E-state index < -0.39 is 0 Å². The third kappa shape index (κ3) is 4.39. The molecular formula is C15H25N3. The van der Waals surface area contributed by atoms with Crippen molar-refractivity contribution in [3.8, 4) is 0 Å². The topological polar surface area (TPSA) is 28.2 Å². The molecule has 0 aromatic carbocycles. The van der Waals surface area contributed by atoms with Crippen molar-refractivity contribution >= 4 is 0 Å². The van der Waals surface area contributed by atoms with Gasteiger partial charge in [-0.1, -0.05) is 19.4 Å². The van der Waals surface area contributed by atoms with Crippen molar-refractivity contribution in [3.63, 3.8) is 0 Å². The summed E-state index contributed by atoms with van der Waals surface area (Å²) in [6.07, 6.45) is 8.99. The first kappa shape index (κ1) is 13.5. The molecule has 1 unspecified atom stereocenters. The standard InChI is InChI=1S/C15H25N3/c1-2-18(13-15-7-3-4-10-17-15)11-8-14-6-5-9-16-12-14/h5-6,9,12,15,17H,2-4,7-8,10-11,13H2,1H3. The van der Waals surface area contributed by atoms with Crippen LogP contribution in [0.25, 0.3) is 0 Å². The minimum absolute atomic E-state index is 0.701. The molecule has 3 heteroatoms. The van der Waals surface area contributed by atoms with Gasteiger partial charge in [-0.05, 0) is 44.0 Å². The van der Waals surface area contributed by atoms with Gasteiger partial charge in [0.15, 0.2) is 0 Å². The van der Waals surface area contributed by atoms with Crippen LogP contribution in [0.5, 0.6) is 0 Å². The van der Waals surface area contributed by atoms with Crippen molar-refractivity contribution in [1.82, 2.24) is 15.2 Å². The fourth-order valence-electron chi connectivity index (χ4n) is 2.60. The maximum atomic E-state index is 4.17. The van der Waals surface area contributed by atoms with Gasteiger partial charge < -0.3 is 10.2 Å². The average Bonchev–Trinajstić information content (AvgIpc) is 2.45. The maximum Gasteiger partial charge on any atom is 0.0300 e. The number of rotatable bonds is 6. The number of pyridine rings is 1. The third-order valence-corrected chi connectivity index (χ3v) is 3.78. The van der Waals surface area contributed by atoms with Crippen LogP contribution in [-0.4, -0.2) is 42.1 Å². The Labute approximate surface area is 111 Å². The van der Waals surface area contributed by atoms with Crippen molar-refractivity contribution in [3.05, 3.63) is 30.1 Å². The second-order valence-corrected chi connectivity index (χ2v) is 5.15. The molecule has 0 aliphatic carbocycles. The molecule has 0 amide bonds. The zero-order valence-corrected chi connectivity index (χ0v) is 11.4. The number of hydrogen-bond acceptors (Lipinski definition) is 3. The molecule has 1 aromatic heterocycles. The quantitative estimate of drug-likeness (QED) is 0.834. The van der Waals surface area contributed by atoms with Gasteiger partial charge in [-0.15, -0.1) is 0 Å². The van der Waals surface area contributed by atoms with Crippen LogP contribution >= 0.6 is 0 Å². The van der Waals surface area contributed by atoms with Gasteiger partial charge in [0.25, 0.3) is 0 Å². The van der Waals surface area contributed by atoms with E-state index in [1.807, 2.05) is 18.5 Å². The highest BCUT2D eigenvalue weighted by atomic mass is 15.1. The van der Waals surface area contributed by atoms with Crippen LogP contribution in [0.15, 0.2) is 24.5 Å². The highest BCUT2D eigenvalue weighted by molar-refractivity contribution is 5.08. The first-order chi connectivity index (χ1) is 8.88. The molecule has 3 nitrogen and oxygen atoms in total. The van der Waals surface area contributed by atoms with Gasteiger partial charge in [0, 0.05) is 31.5 Å². The van der Waals surface area contributed by atoms with E-state index in [1.165, 1.54) is 37.9 Å². The summed E-state index contributed by atoms with van der Waals surface area (Å²) in [6, 6.07) is 4.89. The molecule has 0 radical (unpaired) electrons. The van der Waals surface area contributed by atoms with Gasteiger partial charge in [0.1, 0.15) is 0 Å². The van der Waals surface area contributed by atoms with Gasteiger partial charge >= 0.3 is 0 Å². The minimum Gasteiger partial charge on any atom is -0.313 e. The Morgan fingerprint density at radius 3 is 3.06 bits per heavy atom. The van der Waals surface area contributed by atoms with Crippen LogP contribution in [0.4, 0.5) is 0 Å². The number of likely N-dealkylation sites (N-methyl/N-ethyl adjacent to an activating group) is 1. The van der Waals surface area contributed by atoms with Crippen LogP contribution in [0.2, 0.25) is 0 Å². The largest absolute Gasteiger partial charge is 0.313 e. The number of nitrogens with zero attached hydrogens (tertiary/aromatic N) is 2. The van der Waals surface area contributed by atoms with Crippen LogP contribution in [-0.2, 0) is 6.42 Å². The lowest BCUT2D eigenvalue weighted by molar-refractivity contribution is 0.235. The van der Waals surface area contributed by atoms with E-state index in [-0.39, 0.29) is 0 Å². The fourth-order valence-corrected chi connectivity index (χ4v) is 2.60. The molecule has 1 fully saturated rings. The molecule has 0 spiro atoms. The Bertz CT molecular complexity index is 320. The van der Waals surface area contributed by atoms with E-state index in [2.05, 4.69) is 28.2 Å². The summed E-state index contributed by atoms with van der Waals surface area (Å²) >= 11 is 0. The third-order valence-electron chi connectivity index (χ3n) is 3.78.